The molecule has 13 heavy (non-hydrogen) atoms. The van der Waals surface area contributed by atoms with Gasteiger partial charge < -0.3 is 4.90 Å². The molecule has 0 bridgehead atoms. The molecular weight excluding hydrogens is 178 g/mol. The van der Waals surface area contributed by atoms with Crippen LogP contribution in [0, 0.1) is 0 Å². The minimum Gasteiger partial charge on any atom is -0.336 e. The van der Waals surface area contributed by atoms with Gasteiger partial charge in [0.1, 0.15) is 0 Å². The van der Waals surface area contributed by atoms with Crippen LogP contribution in [0.4, 0.5) is 10.7 Å². The van der Waals surface area contributed by atoms with Crippen molar-refractivity contribution in [2.45, 2.75) is 0 Å². The van der Waals surface area contributed by atoms with Crippen molar-refractivity contribution in [1.29, 1.82) is 0 Å². The Morgan fingerprint density at radius 3 is 2.38 bits per heavy atom. The maximum absolute atomic E-state index is 2.19. The topological polar surface area (TPSA) is 3.24 Å². The zero-order valence-corrected chi connectivity index (χ0v) is 8.29. The summed E-state index contributed by atoms with van der Waals surface area (Å²) in [5, 5.41) is 3.36. The summed E-state index contributed by atoms with van der Waals surface area (Å²) in [5.41, 5.74) is 1.23. The molecule has 1 nitrogen and oxygen atoms in total. The third kappa shape index (κ3) is 1.73. The number of thiophene rings is 1. The molecule has 2 heteroatoms. The Labute approximate surface area is 82.3 Å². The van der Waals surface area contributed by atoms with Crippen molar-refractivity contribution < 1.29 is 0 Å². The molecule has 0 amide bonds. The first-order valence-electron chi connectivity index (χ1n) is 4.20. The summed E-state index contributed by atoms with van der Waals surface area (Å²) in [5.74, 6) is 0. The molecule has 0 aliphatic heterocycles. The molecular formula is C11H11NS. The largest absolute Gasteiger partial charge is 0.336 e. The molecule has 0 atom stereocenters. The van der Waals surface area contributed by atoms with Crippen LogP contribution in [0.25, 0.3) is 0 Å². The molecule has 0 unspecified atom stereocenters. The lowest BCUT2D eigenvalue weighted by Crippen LogP contribution is -2.06. The second kappa shape index (κ2) is 3.62. The van der Waals surface area contributed by atoms with Crippen LogP contribution in [-0.4, -0.2) is 7.05 Å². The van der Waals surface area contributed by atoms with E-state index in [0.29, 0.717) is 0 Å². The quantitative estimate of drug-likeness (QED) is 0.698. The highest BCUT2D eigenvalue weighted by Crippen LogP contribution is 2.26. The van der Waals surface area contributed by atoms with E-state index in [4.69, 9.17) is 0 Å². The summed E-state index contributed by atoms with van der Waals surface area (Å²) in [7, 11) is 2.08. The molecule has 1 aromatic carbocycles. The molecule has 2 aromatic rings. The van der Waals surface area contributed by atoms with E-state index in [1.54, 1.807) is 11.3 Å². The zero-order valence-electron chi connectivity index (χ0n) is 7.47. The smallest absolute Gasteiger partial charge is 0.0950 e. The number of anilines is 2. The van der Waals surface area contributed by atoms with Gasteiger partial charge in [-0.2, -0.15) is 0 Å². The second-order valence-corrected chi connectivity index (χ2v) is 3.77. The fourth-order valence-corrected chi connectivity index (χ4v) is 1.96. The Morgan fingerprint density at radius 1 is 1.00 bits per heavy atom. The van der Waals surface area contributed by atoms with Gasteiger partial charge in [0.15, 0.2) is 0 Å². The van der Waals surface area contributed by atoms with E-state index in [1.807, 2.05) is 6.07 Å². The SMILES string of the molecule is CN(c1ccccc1)c1cccs1. The van der Waals surface area contributed by atoms with Crippen LogP contribution in [0.15, 0.2) is 47.8 Å². The molecule has 1 heterocycles. The third-order valence-corrected chi connectivity index (χ3v) is 2.92. The van der Waals surface area contributed by atoms with Gasteiger partial charge in [-0.15, -0.1) is 11.3 Å². The molecule has 1 aromatic heterocycles. The van der Waals surface area contributed by atoms with Crippen LogP contribution in [0.1, 0.15) is 0 Å². The number of hydrogen-bond acceptors (Lipinski definition) is 2. The number of para-hydroxylation sites is 1. The van der Waals surface area contributed by atoms with Crippen LogP contribution >= 0.6 is 11.3 Å². The van der Waals surface area contributed by atoms with Crippen molar-refractivity contribution in [3.05, 3.63) is 47.8 Å². The average Bonchev–Trinajstić information content (AvgIpc) is 2.71. The number of benzene rings is 1. The van der Waals surface area contributed by atoms with E-state index in [0.717, 1.165) is 0 Å². The van der Waals surface area contributed by atoms with Gasteiger partial charge >= 0.3 is 0 Å². The first-order valence-corrected chi connectivity index (χ1v) is 5.08. The van der Waals surface area contributed by atoms with E-state index < -0.39 is 0 Å². The van der Waals surface area contributed by atoms with Crippen molar-refractivity contribution in [2.24, 2.45) is 0 Å². The Balaban J connectivity index is 2.29. The Morgan fingerprint density at radius 2 is 1.77 bits per heavy atom. The molecule has 0 spiro atoms. The molecule has 66 valence electrons. The van der Waals surface area contributed by atoms with Gasteiger partial charge in [0.05, 0.1) is 5.00 Å². The first-order chi connectivity index (χ1) is 6.38. The molecule has 0 radical (unpaired) electrons. The summed E-state index contributed by atoms with van der Waals surface area (Å²) in [6, 6.07) is 14.6. The van der Waals surface area contributed by atoms with Crippen LogP contribution in [0.2, 0.25) is 0 Å². The van der Waals surface area contributed by atoms with E-state index in [9.17, 15) is 0 Å². The number of nitrogens with zero attached hydrogens (tertiary/aromatic N) is 1. The predicted octanol–water partition coefficient (Wildman–Crippen LogP) is 3.52. The third-order valence-electron chi connectivity index (χ3n) is 1.98. The molecule has 2 rings (SSSR count). The summed E-state index contributed by atoms with van der Waals surface area (Å²) >= 11 is 1.75. The van der Waals surface area contributed by atoms with Gasteiger partial charge in [-0.3, -0.25) is 0 Å². The van der Waals surface area contributed by atoms with Crippen LogP contribution in [0.3, 0.4) is 0 Å². The first kappa shape index (κ1) is 8.32. The second-order valence-electron chi connectivity index (χ2n) is 2.85. The zero-order chi connectivity index (χ0) is 9.10. The molecule has 0 N–H and O–H groups in total. The lowest BCUT2D eigenvalue weighted by Gasteiger charge is -2.16. The fraction of sp³-hybridized carbons (Fsp3) is 0.0909. The van der Waals surface area contributed by atoms with Gasteiger partial charge in [-0.1, -0.05) is 18.2 Å². The molecule has 0 aliphatic rings. The number of rotatable bonds is 2. The lowest BCUT2D eigenvalue weighted by atomic mass is 10.3. The maximum atomic E-state index is 2.19. The average molecular weight is 189 g/mol. The summed E-state index contributed by atoms with van der Waals surface area (Å²) in [6.07, 6.45) is 0. The highest BCUT2D eigenvalue weighted by atomic mass is 32.1. The minimum absolute atomic E-state index is 1.23. The van der Waals surface area contributed by atoms with Gasteiger partial charge in [0.2, 0.25) is 0 Å². The Bertz CT molecular complexity index is 353. The normalized spacial score (nSPS) is 9.92. The van der Waals surface area contributed by atoms with Crippen molar-refractivity contribution >= 4 is 22.0 Å². The van der Waals surface area contributed by atoms with E-state index >= 15 is 0 Å². The predicted molar refractivity (Wildman–Crippen MR) is 58.8 cm³/mol. The van der Waals surface area contributed by atoms with E-state index in [1.165, 1.54) is 10.7 Å². The summed E-state index contributed by atoms with van der Waals surface area (Å²) in [6.45, 7) is 0. The highest BCUT2D eigenvalue weighted by Gasteiger charge is 2.02. The van der Waals surface area contributed by atoms with Gasteiger partial charge in [0, 0.05) is 12.7 Å². The van der Waals surface area contributed by atoms with Crippen LogP contribution in [0.5, 0.6) is 0 Å². The van der Waals surface area contributed by atoms with Crippen LogP contribution < -0.4 is 4.90 Å². The Kier molecular flexibility index (Phi) is 2.32. The summed E-state index contributed by atoms with van der Waals surface area (Å²) in [4.78, 5) is 2.19. The standard InChI is InChI=1S/C11H11NS/c1-12(11-8-5-9-13-11)10-6-3-2-4-7-10/h2-9H,1H3. The monoisotopic (exact) mass is 189 g/mol. The van der Waals surface area contributed by atoms with Crippen molar-refractivity contribution in [3.63, 3.8) is 0 Å². The van der Waals surface area contributed by atoms with E-state index in [2.05, 4.69) is 53.7 Å². The van der Waals surface area contributed by atoms with Gasteiger partial charge in [-0.25, -0.2) is 0 Å². The molecule has 0 aliphatic carbocycles. The molecule has 0 saturated heterocycles. The van der Waals surface area contributed by atoms with E-state index in [-0.39, 0.29) is 0 Å². The maximum Gasteiger partial charge on any atom is 0.0950 e. The highest BCUT2D eigenvalue weighted by molar-refractivity contribution is 7.14. The minimum atomic E-state index is 1.23. The van der Waals surface area contributed by atoms with Gasteiger partial charge in [0.25, 0.3) is 0 Å². The summed E-state index contributed by atoms with van der Waals surface area (Å²) < 4.78 is 0. The van der Waals surface area contributed by atoms with Crippen molar-refractivity contribution in [3.8, 4) is 0 Å². The van der Waals surface area contributed by atoms with Crippen molar-refractivity contribution in [2.75, 3.05) is 11.9 Å². The van der Waals surface area contributed by atoms with Crippen molar-refractivity contribution in [1.82, 2.24) is 0 Å². The number of hydrogen-bond donors (Lipinski definition) is 0. The molecule has 0 fully saturated rings. The fourth-order valence-electron chi connectivity index (χ4n) is 1.24. The van der Waals surface area contributed by atoms with Gasteiger partial charge in [-0.05, 0) is 29.6 Å². The lowest BCUT2D eigenvalue weighted by molar-refractivity contribution is 1.24. The Hall–Kier alpha value is -1.28. The molecule has 0 saturated carbocycles. The van der Waals surface area contributed by atoms with Crippen LogP contribution in [-0.2, 0) is 0 Å².